The SMILES string of the molecule is CCC1(C)NC(=O)CN(C(C)c2cccs2)C1=O. The van der Waals surface area contributed by atoms with E-state index >= 15 is 0 Å². The molecule has 1 aliphatic rings. The Balaban J connectivity index is 2.27. The number of carbonyl (C=O) groups is 2. The smallest absolute Gasteiger partial charge is 0.249 e. The Kier molecular flexibility index (Phi) is 3.43. The van der Waals surface area contributed by atoms with Gasteiger partial charge in [-0.2, -0.15) is 0 Å². The van der Waals surface area contributed by atoms with Crippen LogP contribution in [0.2, 0.25) is 0 Å². The minimum absolute atomic E-state index is 0.00509. The predicted molar refractivity (Wildman–Crippen MR) is 71.3 cm³/mol. The lowest BCUT2D eigenvalue weighted by Crippen LogP contribution is -2.65. The molecular formula is C13H18N2O2S. The Labute approximate surface area is 111 Å². The second kappa shape index (κ2) is 4.72. The van der Waals surface area contributed by atoms with E-state index in [2.05, 4.69) is 5.32 Å². The van der Waals surface area contributed by atoms with Gasteiger partial charge in [-0.1, -0.05) is 13.0 Å². The Hall–Kier alpha value is -1.36. The molecule has 18 heavy (non-hydrogen) atoms. The van der Waals surface area contributed by atoms with Gasteiger partial charge in [0, 0.05) is 4.88 Å². The first-order valence-electron chi connectivity index (χ1n) is 6.13. The van der Waals surface area contributed by atoms with Gasteiger partial charge < -0.3 is 10.2 Å². The molecule has 0 bridgehead atoms. The van der Waals surface area contributed by atoms with Crippen LogP contribution in [0.1, 0.15) is 38.1 Å². The zero-order chi connectivity index (χ0) is 13.3. The van der Waals surface area contributed by atoms with E-state index in [4.69, 9.17) is 0 Å². The van der Waals surface area contributed by atoms with E-state index in [1.165, 1.54) is 0 Å². The molecule has 1 aliphatic heterocycles. The number of hydrogen-bond acceptors (Lipinski definition) is 3. The Morgan fingerprint density at radius 3 is 2.83 bits per heavy atom. The lowest BCUT2D eigenvalue weighted by atomic mass is 9.93. The van der Waals surface area contributed by atoms with Crippen molar-refractivity contribution >= 4 is 23.2 Å². The van der Waals surface area contributed by atoms with Gasteiger partial charge in [0.15, 0.2) is 0 Å². The average Bonchev–Trinajstić information content (AvgIpc) is 2.86. The van der Waals surface area contributed by atoms with Crippen LogP contribution in [0.25, 0.3) is 0 Å². The van der Waals surface area contributed by atoms with Crippen LogP contribution >= 0.6 is 11.3 Å². The number of hydrogen-bond donors (Lipinski definition) is 1. The van der Waals surface area contributed by atoms with Gasteiger partial charge in [0.1, 0.15) is 12.1 Å². The maximum atomic E-state index is 12.5. The van der Waals surface area contributed by atoms with E-state index in [-0.39, 0.29) is 24.4 Å². The quantitative estimate of drug-likeness (QED) is 0.909. The van der Waals surface area contributed by atoms with Gasteiger partial charge in [0.2, 0.25) is 11.8 Å². The van der Waals surface area contributed by atoms with Crippen LogP contribution in [0.4, 0.5) is 0 Å². The normalized spacial score (nSPS) is 26.1. The third-order valence-corrected chi connectivity index (χ3v) is 4.63. The molecular weight excluding hydrogens is 248 g/mol. The molecule has 1 aromatic rings. The van der Waals surface area contributed by atoms with Crippen LogP contribution in [-0.2, 0) is 9.59 Å². The summed E-state index contributed by atoms with van der Waals surface area (Å²) in [6.45, 7) is 5.82. The van der Waals surface area contributed by atoms with Gasteiger partial charge in [0.05, 0.1) is 6.04 Å². The molecule has 0 aromatic carbocycles. The molecule has 2 amide bonds. The highest BCUT2D eigenvalue weighted by molar-refractivity contribution is 7.10. The van der Waals surface area contributed by atoms with Crippen molar-refractivity contribution in [2.45, 2.75) is 38.8 Å². The third kappa shape index (κ3) is 2.14. The van der Waals surface area contributed by atoms with Crippen molar-refractivity contribution in [3.8, 4) is 0 Å². The molecule has 1 aromatic heterocycles. The fourth-order valence-electron chi connectivity index (χ4n) is 2.18. The van der Waals surface area contributed by atoms with Gasteiger partial charge >= 0.3 is 0 Å². The summed E-state index contributed by atoms with van der Waals surface area (Å²) in [5.41, 5.74) is -0.763. The summed E-state index contributed by atoms with van der Waals surface area (Å²) >= 11 is 1.61. The molecule has 2 heterocycles. The highest BCUT2D eigenvalue weighted by Crippen LogP contribution is 2.29. The summed E-state index contributed by atoms with van der Waals surface area (Å²) in [4.78, 5) is 27.0. The number of carbonyl (C=O) groups excluding carboxylic acids is 2. The van der Waals surface area contributed by atoms with Crippen LogP contribution in [-0.4, -0.2) is 28.8 Å². The van der Waals surface area contributed by atoms with Crippen LogP contribution < -0.4 is 5.32 Å². The fraction of sp³-hybridized carbons (Fsp3) is 0.538. The summed E-state index contributed by atoms with van der Waals surface area (Å²) in [6.07, 6.45) is 0.602. The highest BCUT2D eigenvalue weighted by Gasteiger charge is 2.43. The molecule has 0 saturated carbocycles. The van der Waals surface area contributed by atoms with E-state index < -0.39 is 5.54 Å². The number of piperazine rings is 1. The topological polar surface area (TPSA) is 49.4 Å². The molecule has 1 saturated heterocycles. The van der Waals surface area contributed by atoms with Crippen molar-refractivity contribution in [1.82, 2.24) is 10.2 Å². The average molecular weight is 266 g/mol. The largest absolute Gasteiger partial charge is 0.340 e. The standard InChI is InChI=1S/C13H18N2O2S/c1-4-13(3)12(17)15(8-11(16)14-13)9(2)10-6-5-7-18-10/h5-7,9H,4,8H2,1-3H3,(H,14,16). The molecule has 0 spiro atoms. The summed E-state index contributed by atoms with van der Waals surface area (Å²) in [5, 5.41) is 4.78. The molecule has 2 atom stereocenters. The third-order valence-electron chi connectivity index (χ3n) is 3.59. The summed E-state index contributed by atoms with van der Waals surface area (Å²) in [7, 11) is 0. The molecule has 4 nitrogen and oxygen atoms in total. The monoisotopic (exact) mass is 266 g/mol. The molecule has 2 unspecified atom stereocenters. The Morgan fingerprint density at radius 2 is 2.28 bits per heavy atom. The van der Waals surface area contributed by atoms with E-state index in [9.17, 15) is 9.59 Å². The van der Waals surface area contributed by atoms with Crippen molar-refractivity contribution in [3.05, 3.63) is 22.4 Å². The second-order valence-electron chi connectivity index (χ2n) is 4.86. The minimum Gasteiger partial charge on any atom is -0.340 e. The molecule has 1 fully saturated rings. The minimum atomic E-state index is -0.763. The van der Waals surface area contributed by atoms with Crippen molar-refractivity contribution in [2.24, 2.45) is 0 Å². The first-order valence-corrected chi connectivity index (χ1v) is 7.01. The van der Waals surface area contributed by atoms with E-state index in [0.29, 0.717) is 6.42 Å². The zero-order valence-electron chi connectivity index (χ0n) is 10.9. The molecule has 5 heteroatoms. The van der Waals surface area contributed by atoms with Gasteiger partial charge in [-0.25, -0.2) is 0 Å². The van der Waals surface area contributed by atoms with E-state index in [1.54, 1.807) is 23.2 Å². The van der Waals surface area contributed by atoms with Crippen LogP contribution in [0.5, 0.6) is 0 Å². The lowest BCUT2D eigenvalue weighted by molar-refractivity contribution is -0.151. The zero-order valence-corrected chi connectivity index (χ0v) is 11.7. The second-order valence-corrected chi connectivity index (χ2v) is 5.84. The highest BCUT2D eigenvalue weighted by atomic mass is 32.1. The maximum Gasteiger partial charge on any atom is 0.249 e. The van der Waals surface area contributed by atoms with Gasteiger partial charge in [0.25, 0.3) is 0 Å². The van der Waals surface area contributed by atoms with Crippen LogP contribution in [0.3, 0.4) is 0 Å². The number of thiophene rings is 1. The Morgan fingerprint density at radius 1 is 1.56 bits per heavy atom. The maximum absolute atomic E-state index is 12.5. The van der Waals surface area contributed by atoms with Crippen LogP contribution in [0, 0.1) is 0 Å². The molecule has 0 aliphatic carbocycles. The number of nitrogens with one attached hydrogen (secondary N) is 1. The predicted octanol–water partition coefficient (Wildman–Crippen LogP) is 1.94. The summed E-state index contributed by atoms with van der Waals surface area (Å²) in [5.74, 6) is -0.0761. The van der Waals surface area contributed by atoms with Crippen molar-refractivity contribution < 1.29 is 9.59 Å². The van der Waals surface area contributed by atoms with Crippen molar-refractivity contribution in [2.75, 3.05) is 6.54 Å². The summed E-state index contributed by atoms with van der Waals surface area (Å²) in [6, 6.07) is 3.91. The summed E-state index contributed by atoms with van der Waals surface area (Å²) < 4.78 is 0. The molecule has 0 radical (unpaired) electrons. The van der Waals surface area contributed by atoms with Crippen molar-refractivity contribution in [1.29, 1.82) is 0 Å². The van der Waals surface area contributed by atoms with Crippen molar-refractivity contribution in [3.63, 3.8) is 0 Å². The number of rotatable bonds is 3. The fourth-order valence-corrected chi connectivity index (χ4v) is 2.97. The lowest BCUT2D eigenvalue weighted by Gasteiger charge is -2.41. The Bertz CT molecular complexity index is 458. The van der Waals surface area contributed by atoms with Crippen LogP contribution in [0.15, 0.2) is 17.5 Å². The van der Waals surface area contributed by atoms with Gasteiger partial charge in [-0.15, -0.1) is 11.3 Å². The number of amides is 2. The first kappa shape index (κ1) is 13.1. The first-order chi connectivity index (χ1) is 8.48. The van der Waals surface area contributed by atoms with E-state index in [1.807, 2.05) is 31.4 Å². The molecule has 2 rings (SSSR count). The number of nitrogens with zero attached hydrogens (tertiary/aromatic N) is 1. The van der Waals surface area contributed by atoms with Gasteiger partial charge in [-0.05, 0) is 31.7 Å². The van der Waals surface area contributed by atoms with Gasteiger partial charge in [-0.3, -0.25) is 9.59 Å². The van der Waals surface area contributed by atoms with E-state index in [0.717, 1.165) is 4.88 Å². The molecule has 1 N–H and O–H groups in total. The molecule has 98 valence electrons.